The molecule has 0 saturated carbocycles. The number of halogens is 1. The summed E-state index contributed by atoms with van der Waals surface area (Å²) in [5.41, 5.74) is 0.356. The Balaban J connectivity index is 1.95. The average molecular weight is 475 g/mol. The lowest BCUT2D eigenvalue weighted by Gasteiger charge is -2.24. The maximum absolute atomic E-state index is 14.6. The Morgan fingerprint density at radius 2 is 1.69 bits per heavy atom. The first-order valence-corrected chi connectivity index (χ1v) is 12.2. The van der Waals surface area contributed by atoms with Gasteiger partial charge >= 0.3 is 0 Å². The molecule has 0 radical (unpaired) electrons. The van der Waals surface area contributed by atoms with E-state index < -0.39 is 28.3 Å². The van der Waals surface area contributed by atoms with Crippen LogP contribution in [0.2, 0.25) is 0 Å². The zero-order valence-electron chi connectivity index (χ0n) is 17.6. The molecule has 0 spiro atoms. The number of rotatable bonds is 9. The normalized spacial score (nSPS) is 11.1. The Kier molecular flexibility index (Phi) is 7.76. The van der Waals surface area contributed by atoms with E-state index in [-0.39, 0.29) is 10.6 Å². The van der Waals surface area contributed by atoms with Crippen molar-refractivity contribution in [3.05, 3.63) is 78.6 Å². The summed E-state index contributed by atoms with van der Waals surface area (Å²) in [6, 6.07) is 18.4. The van der Waals surface area contributed by atoms with Crippen molar-refractivity contribution in [3.8, 4) is 5.75 Å². The number of anilines is 2. The Hall–Kier alpha value is -3.04. The summed E-state index contributed by atoms with van der Waals surface area (Å²) < 4.78 is 47.2. The molecule has 3 aromatic carbocycles. The maximum Gasteiger partial charge on any atom is 0.264 e. The zero-order valence-corrected chi connectivity index (χ0v) is 19.3. The molecule has 0 saturated heterocycles. The van der Waals surface area contributed by atoms with Gasteiger partial charge < -0.3 is 10.1 Å². The second-order valence-electron chi connectivity index (χ2n) is 6.62. The van der Waals surface area contributed by atoms with Gasteiger partial charge in [0.15, 0.2) is 0 Å². The highest BCUT2D eigenvalue weighted by Crippen LogP contribution is 2.29. The van der Waals surface area contributed by atoms with E-state index in [1.807, 2.05) is 19.1 Å². The van der Waals surface area contributed by atoms with Crippen molar-refractivity contribution < 1.29 is 22.3 Å². The van der Waals surface area contributed by atoms with E-state index >= 15 is 0 Å². The predicted octanol–water partition coefficient (Wildman–Crippen LogP) is 4.78. The summed E-state index contributed by atoms with van der Waals surface area (Å²) in [5.74, 6) is -0.0573. The number of amides is 1. The van der Waals surface area contributed by atoms with Gasteiger partial charge in [-0.2, -0.15) is 0 Å². The Bertz CT molecular complexity index is 1180. The number of carbonyl (C=O) groups is 1. The van der Waals surface area contributed by atoms with Crippen LogP contribution >= 0.6 is 11.8 Å². The summed E-state index contributed by atoms with van der Waals surface area (Å²) >= 11 is 1.55. The maximum atomic E-state index is 14.6. The number of nitrogens with zero attached hydrogens (tertiary/aromatic N) is 1. The van der Waals surface area contributed by atoms with Gasteiger partial charge in [0.05, 0.1) is 23.4 Å². The molecule has 1 amide bonds. The van der Waals surface area contributed by atoms with Gasteiger partial charge in [-0.3, -0.25) is 9.10 Å². The number of nitrogens with one attached hydrogen (secondary N) is 1. The largest absolute Gasteiger partial charge is 0.497 e. The van der Waals surface area contributed by atoms with Gasteiger partial charge in [-0.15, -0.1) is 11.8 Å². The van der Waals surface area contributed by atoms with Gasteiger partial charge in [-0.1, -0.05) is 31.2 Å². The van der Waals surface area contributed by atoms with Gasteiger partial charge in [-0.05, 0) is 54.3 Å². The van der Waals surface area contributed by atoms with E-state index in [0.717, 1.165) is 21.0 Å². The van der Waals surface area contributed by atoms with Crippen LogP contribution in [-0.2, 0) is 14.8 Å². The zero-order chi connectivity index (χ0) is 23.1. The molecule has 6 nitrogen and oxygen atoms in total. The van der Waals surface area contributed by atoms with Gasteiger partial charge in [0, 0.05) is 4.90 Å². The van der Waals surface area contributed by atoms with E-state index in [2.05, 4.69) is 5.32 Å². The summed E-state index contributed by atoms with van der Waals surface area (Å²) in [4.78, 5) is 13.6. The molecule has 9 heteroatoms. The molecule has 0 aliphatic heterocycles. The first-order chi connectivity index (χ1) is 15.4. The number of benzene rings is 3. The van der Waals surface area contributed by atoms with E-state index in [0.29, 0.717) is 11.4 Å². The van der Waals surface area contributed by atoms with E-state index in [1.54, 1.807) is 23.9 Å². The highest BCUT2D eigenvalue weighted by Gasteiger charge is 2.29. The van der Waals surface area contributed by atoms with E-state index in [9.17, 15) is 17.6 Å². The SMILES string of the molecule is CCSc1ccccc1NC(=O)CN(c1ccccc1F)S(=O)(=O)c1ccc(OC)cc1. The van der Waals surface area contributed by atoms with Crippen LogP contribution in [-0.4, -0.2) is 33.7 Å². The number of ether oxygens (including phenoxy) is 1. The lowest BCUT2D eigenvalue weighted by Crippen LogP contribution is -2.38. The number of hydrogen-bond donors (Lipinski definition) is 1. The molecular formula is C23H23FN2O4S2. The quantitative estimate of drug-likeness (QED) is 0.452. The summed E-state index contributed by atoms with van der Waals surface area (Å²) in [5, 5.41) is 2.75. The molecule has 0 unspecified atom stereocenters. The van der Waals surface area contributed by atoms with Gasteiger partial charge in [0.2, 0.25) is 5.91 Å². The summed E-state index contributed by atoms with van der Waals surface area (Å²) in [6.07, 6.45) is 0. The topological polar surface area (TPSA) is 75.7 Å². The number of carbonyl (C=O) groups excluding carboxylic acids is 1. The molecule has 0 aliphatic carbocycles. The van der Waals surface area contributed by atoms with Crippen LogP contribution in [0.25, 0.3) is 0 Å². The molecule has 3 rings (SSSR count). The molecule has 0 fully saturated rings. The number of sulfonamides is 1. The van der Waals surface area contributed by atoms with Gasteiger partial charge in [0.1, 0.15) is 18.1 Å². The molecule has 0 atom stereocenters. The summed E-state index contributed by atoms with van der Waals surface area (Å²) in [6.45, 7) is 1.39. The van der Waals surface area contributed by atoms with Crippen molar-refractivity contribution in [1.29, 1.82) is 0 Å². The minimum atomic E-state index is -4.24. The van der Waals surface area contributed by atoms with Crippen LogP contribution in [0.4, 0.5) is 15.8 Å². The van der Waals surface area contributed by atoms with Gasteiger partial charge in [-0.25, -0.2) is 12.8 Å². The average Bonchev–Trinajstić information content (AvgIpc) is 2.79. The second kappa shape index (κ2) is 10.5. The fourth-order valence-electron chi connectivity index (χ4n) is 3.00. The molecule has 0 heterocycles. The van der Waals surface area contributed by atoms with Crippen molar-refractivity contribution in [2.24, 2.45) is 0 Å². The van der Waals surface area contributed by atoms with Crippen LogP contribution in [0, 0.1) is 5.82 Å². The van der Waals surface area contributed by atoms with E-state index in [1.165, 1.54) is 49.6 Å². The van der Waals surface area contributed by atoms with Crippen molar-refractivity contribution in [1.82, 2.24) is 0 Å². The van der Waals surface area contributed by atoms with Crippen LogP contribution < -0.4 is 14.4 Å². The number of methoxy groups -OCH3 is 1. The van der Waals surface area contributed by atoms with Crippen molar-refractivity contribution in [2.75, 3.05) is 29.0 Å². The lowest BCUT2D eigenvalue weighted by atomic mass is 10.3. The van der Waals surface area contributed by atoms with Crippen LogP contribution in [0.3, 0.4) is 0 Å². The summed E-state index contributed by atoms with van der Waals surface area (Å²) in [7, 11) is -2.77. The standard InChI is InChI=1S/C23H23FN2O4S2/c1-3-31-22-11-7-5-9-20(22)25-23(27)16-26(21-10-6-4-8-19(21)24)32(28,29)18-14-12-17(30-2)13-15-18/h4-15H,3,16H2,1-2H3,(H,25,27). The molecule has 1 N–H and O–H groups in total. The third-order valence-electron chi connectivity index (χ3n) is 4.52. The van der Waals surface area contributed by atoms with Crippen LogP contribution in [0.1, 0.15) is 6.92 Å². The monoisotopic (exact) mass is 474 g/mol. The van der Waals surface area contributed by atoms with Crippen molar-refractivity contribution >= 4 is 39.1 Å². The molecular weight excluding hydrogens is 451 g/mol. The first kappa shape index (κ1) is 23.6. The Labute approximate surface area is 191 Å². The molecule has 0 bridgehead atoms. The lowest BCUT2D eigenvalue weighted by molar-refractivity contribution is -0.114. The number of para-hydroxylation sites is 2. The first-order valence-electron chi connectivity index (χ1n) is 9.79. The third-order valence-corrected chi connectivity index (χ3v) is 7.25. The number of hydrogen-bond acceptors (Lipinski definition) is 5. The minimum Gasteiger partial charge on any atom is -0.497 e. The smallest absolute Gasteiger partial charge is 0.264 e. The minimum absolute atomic E-state index is 0.0868. The fraction of sp³-hybridized carbons (Fsp3) is 0.174. The molecule has 0 aliphatic rings. The predicted molar refractivity (Wildman–Crippen MR) is 125 cm³/mol. The Morgan fingerprint density at radius 1 is 1.03 bits per heavy atom. The Morgan fingerprint density at radius 3 is 2.34 bits per heavy atom. The van der Waals surface area contributed by atoms with E-state index in [4.69, 9.17) is 4.74 Å². The molecule has 168 valence electrons. The highest BCUT2D eigenvalue weighted by molar-refractivity contribution is 7.99. The second-order valence-corrected chi connectivity index (χ2v) is 9.78. The van der Waals surface area contributed by atoms with Crippen molar-refractivity contribution in [2.45, 2.75) is 16.7 Å². The molecule has 0 aromatic heterocycles. The van der Waals surface area contributed by atoms with Gasteiger partial charge in [0.25, 0.3) is 10.0 Å². The number of thioether (sulfide) groups is 1. The molecule has 3 aromatic rings. The fourth-order valence-corrected chi connectivity index (χ4v) is 5.19. The van der Waals surface area contributed by atoms with Crippen LogP contribution in [0.5, 0.6) is 5.75 Å². The van der Waals surface area contributed by atoms with Crippen LogP contribution in [0.15, 0.2) is 82.6 Å². The third kappa shape index (κ3) is 5.41. The molecule has 32 heavy (non-hydrogen) atoms. The van der Waals surface area contributed by atoms with Crippen molar-refractivity contribution in [3.63, 3.8) is 0 Å². The highest BCUT2D eigenvalue weighted by atomic mass is 32.2.